The molecule has 0 bridgehead atoms. The Balaban J connectivity index is 1.93. The highest BCUT2D eigenvalue weighted by molar-refractivity contribution is 8.00. The lowest BCUT2D eigenvalue weighted by molar-refractivity contribution is -0.128. The summed E-state index contributed by atoms with van der Waals surface area (Å²) in [4.78, 5) is 16.3. The number of benzene rings is 1. The fourth-order valence-corrected chi connectivity index (χ4v) is 3.71. The second-order valence-electron chi connectivity index (χ2n) is 4.37. The second-order valence-corrected chi connectivity index (χ2v) is 7.22. The van der Waals surface area contributed by atoms with Crippen LogP contribution >= 0.6 is 34.7 Å². The average Bonchev–Trinajstić information content (AvgIpc) is 2.91. The number of hydrogen-bond acceptors (Lipinski definition) is 3. The van der Waals surface area contributed by atoms with Crippen LogP contribution in [0.25, 0.3) is 0 Å². The summed E-state index contributed by atoms with van der Waals surface area (Å²) in [5, 5.41) is 0. The van der Waals surface area contributed by atoms with Crippen molar-refractivity contribution >= 4 is 40.6 Å². The number of rotatable bonds is 7. The van der Waals surface area contributed by atoms with Crippen molar-refractivity contribution in [1.29, 1.82) is 0 Å². The summed E-state index contributed by atoms with van der Waals surface area (Å²) in [5.41, 5.74) is 0. The van der Waals surface area contributed by atoms with E-state index in [0.717, 1.165) is 14.1 Å². The molecular weight excluding hydrogens is 322 g/mol. The molecule has 0 atom stereocenters. The lowest BCUT2D eigenvalue weighted by Gasteiger charge is -2.20. The maximum absolute atomic E-state index is 12.3. The van der Waals surface area contributed by atoms with Crippen molar-refractivity contribution in [3.63, 3.8) is 0 Å². The summed E-state index contributed by atoms with van der Waals surface area (Å²) in [6.07, 6.45) is 1.75. The van der Waals surface area contributed by atoms with Crippen molar-refractivity contribution < 1.29 is 4.79 Å². The predicted octanol–water partition coefficient (Wildman–Crippen LogP) is 4.71. The highest BCUT2D eigenvalue weighted by atomic mass is 35.5. The number of nitrogens with zero attached hydrogens (tertiary/aromatic N) is 1. The molecule has 0 aliphatic heterocycles. The van der Waals surface area contributed by atoms with Gasteiger partial charge in [-0.15, -0.1) is 29.7 Å². The molecule has 0 saturated heterocycles. The number of carbonyl (C=O) groups excluding carboxylic acids is 1. The predicted molar refractivity (Wildman–Crippen MR) is 92.1 cm³/mol. The van der Waals surface area contributed by atoms with Crippen molar-refractivity contribution in [2.75, 3.05) is 12.3 Å². The van der Waals surface area contributed by atoms with Crippen molar-refractivity contribution in [1.82, 2.24) is 4.90 Å². The maximum Gasteiger partial charge on any atom is 0.233 e. The van der Waals surface area contributed by atoms with E-state index in [-0.39, 0.29) is 5.91 Å². The van der Waals surface area contributed by atoms with Gasteiger partial charge in [0.1, 0.15) is 0 Å². The Morgan fingerprint density at radius 3 is 2.67 bits per heavy atom. The molecule has 5 heteroatoms. The van der Waals surface area contributed by atoms with Gasteiger partial charge in [-0.2, -0.15) is 0 Å². The van der Waals surface area contributed by atoms with Gasteiger partial charge >= 0.3 is 0 Å². The Bertz CT molecular complexity index is 597. The quantitative estimate of drug-likeness (QED) is 0.538. The molecular formula is C16H16ClNOS2. The third kappa shape index (κ3) is 5.23. The van der Waals surface area contributed by atoms with E-state index in [9.17, 15) is 4.79 Å². The summed E-state index contributed by atoms with van der Waals surface area (Å²) in [5.74, 6) is 0.532. The molecule has 2 aromatic rings. The number of amides is 1. The average molecular weight is 338 g/mol. The molecule has 2 rings (SSSR count). The zero-order valence-corrected chi connectivity index (χ0v) is 13.9. The molecule has 110 valence electrons. The third-order valence-electron chi connectivity index (χ3n) is 2.78. The smallest absolute Gasteiger partial charge is 0.233 e. The van der Waals surface area contributed by atoms with Crippen LogP contribution in [0, 0.1) is 0 Å². The van der Waals surface area contributed by atoms with E-state index in [1.807, 2.05) is 42.5 Å². The van der Waals surface area contributed by atoms with E-state index in [1.165, 1.54) is 11.3 Å². The molecule has 0 radical (unpaired) electrons. The molecule has 0 unspecified atom stereocenters. The highest BCUT2D eigenvalue weighted by Crippen LogP contribution is 2.23. The van der Waals surface area contributed by atoms with E-state index in [4.69, 9.17) is 11.6 Å². The van der Waals surface area contributed by atoms with Crippen LogP contribution in [0.1, 0.15) is 4.88 Å². The Morgan fingerprint density at radius 2 is 2.05 bits per heavy atom. The minimum absolute atomic E-state index is 0.105. The first kappa shape index (κ1) is 16.1. The molecule has 0 saturated carbocycles. The van der Waals surface area contributed by atoms with Crippen LogP contribution in [0.5, 0.6) is 0 Å². The van der Waals surface area contributed by atoms with Gasteiger partial charge in [0, 0.05) is 16.3 Å². The minimum Gasteiger partial charge on any atom is -0.333 e. The molecule has 1 aromatic carbocycles. The number of halogens is 1. The van der Waals surface area contributed by atoms with Gasteiger partial charge in [-0.25, -0.2) is 0 Å². The molecule has 0 N–H and O–H groups in total. The van der Waals surface area contributed by atoms with Gasteiger partial charge in [-0.05, 0) is 24.3 Å². The largest absolute Gasteiger partial charge is 0.333 e. The molecule has 0 spiro atoms. The number of hydrogen-bond donors (Lipinski definition) is 0. The molecule has 1 amide bonds. The minimum atomic E-state index is 0.105. The van der Waals surface area contributed by atoms with Gasteiger partial charge in [-0.3, -0.25) is 4.79 Å². The van der Waals surface area contributed by atoms with E-state index in [1.54, 1.807) is 22.7 Å². The van der Waals surface area contributed by atoms with Crippen LogP contribution in [0.15, 0.2) is 60.0 Å². The fourth-order valence-electron chi connectivity index (χ4n) is 1.79. The van der Waals surface area contributed by atoms with E-state index >= 15 is 0 Å². The molecule has 2 nitrogen and oxygen atoms in total. The van der Waals surface area contributed by atoms with Crippen LogP contribution < -0.4 is 0 Å². The number of thioether (sulfide) groups is 1. The van der Waals surface area contributed by atoms with E-state index in [2.05, 4.69) is 6.58 Å². The monoisotopic (exact) mass is 337 g/mol. The van der Waals surface area contributed by atoms with E-state index in [0.29, 0.717) is 18.8 Å². The van der Waals surface area contributed by atoms with Gasteiger partial charge in [0.25, 0.3) is 0 Å². The zero-order chi connectivity index (χ0) is 15.1. The summed E-state index contributed by atoms with van der Waals surface area (Å²) < 4.78 is 0.745. The van der Waals surface area contributed by atoms with Crippen molar-refractivity contribution in [2.24, 2.45) is 0 Å². The lowest BCUT2D eigenvalue weighted by atomic mass is 10.4. The van der Waals surface area contributed by atoms with Gasteiger partial charge in [0.2, 0.25) is 5.91 Å². The number of thiophene rings is 1. The third-order valence-corrected chi connectivity index (χ3v) is 5.00. The molecule has 1 aromatic heterocycles. The fraction of sp³-hybridized carbons (Fsp3) is 0.188. The van der Waals surface area contributed by atoms with Gasteiger partial charge < -0.3 is 4.90 Å². The van der Waals surface area contributed by atoms with Crippen molar-refractivity contribution in [3.8, 4) is 0 Å². The Hall–Kier alpha value is -1.23. The molecule has 1 heterocycles. The topological polar surface area (TPSA) is 20.3 Å². The van der Waals surface area contributed by atoms with Crippen molar-refractivity contribution in [3.05, 3.63) is 64.3 Å². The number of carbonyl (C=O) groups is 1. The zero-order valence-electron chi connectivity index (χ0n) is 11.5. The first-order chi connectivity index (χ1) is 10.2. The van der Waals surface area contributed by atoms with Crippen LogP contribution in [0.4, 0.5) is 0 Å². The Morgan fingerprint density at radius 1 is 1.29 bits per heavy atom. The van der Waals surface area contributed by atoms with Crippen molar-refractivity contribution in [2.45, 2.75) is 11.4 Å². The molecule has 0 aliphatic rings. The SMILES string of the molecule is C=CCN(Cc1ccc(Cl)s1)C(=O)CSc1ccccc1. The van der Waals surface area contributed by atoms with Crippen LogP contribution in [0.2, 0.25) is 4.34 Å². The molecule has 0 fully saturated rings. The van der Waals surface area contributed by atoms with Gasteiger partial charge in [0.15, 0.2) is 0 Å². The van der Waals surface area contributed by atoms with Gasteiger partial charge in [0.05, 0.1) is 16.6 Å². The van der Waals surface area contributed by atoms with Crippen LogP contribution in [-0.2, 0) is 11.3 Å². The first-order valence-electron chi connectivity index (χ1n) is 6.50. The lowest BCUT2D eigenvalue weighted by Crippen LogP contribution is -2.31. The normalized spacial score (nSPS) is 10.3. The van der Waals surface area contributed by atoms with E-state index < -0.39 is 0 Å². The summed E-state index contributed by atoms with van der Waals surface area (Å²) in [6, 6.07) is 13.8. The second kappa shape index (κ2) is 8.27. The standard InChI is InChI=1S/C16H16ClNOS2/c1-2-10-18(11-14-8-9-15(17)21-14)16(19)12-20-13-6-4-3-5-7-13/h2-9H,1,10-12H2. The van der Waals surface area contributed by atoms with Crippen LogP contribution in [0.3, 0.4) is 0 Å². The Kier molecular flexibility index (Phi) is 6.36. The molecule has 0 aliphatic carbocycles. The Labute approximate surface area is 138 Å². The van der Waals surface area contributed by atoms with Crippen LogP contribution in [-0.4, -0.2) is 23.1 Å². The molecule has 21 heavy (non-hydrogen) atoms. The summed E-state index contributed by atoms with van der Waals surface area (Å²) in [7, 11) is 0. The first-order valence-corrected chi connectivity index (χ1v) is 8.68. The maximum atomic E-state index is 12.3. The summed E-state index contributed by atoms with van der Waals surface area (Å²) in [6.45, 7) is 4.85. The summed E-state index contributed by atoms with van der Waals surface area (Å²) >= 11 is 8.99. The highest BCUT2D eigenvalue weighted by Gasteiger charge is 2.14. The van der Waals surface area contributed by atoms with Gasteiger partial charge in [-0.1, -0.05) is 35.9 Å².